The second-order valence-corrected chi connectivity index (χ2v) is 3.14. The van der Waals surface area contributed by atoms with Gasteiger partial charge < -0.3 is 10.1 Å². The summed E-state index contributed by atoms with van der Waals surface area (Å²) < 4.78 is 18.2. The minimum atomic E-state index is -0.965. The molecule has 0 bridgehead atoms. The van der Waals surface area contributed by atoms with E-state index in [-0.39, 0.29) is 24.7 Å². The topological polar surface area (TPSA) is 81.5 Å². The molecule has 0 aromatic heterocycles. The zero-order chi connectivity index (χ0) is 12.8. The van der Waals surface area contributed by atoms with Crippen LogP contribution >= 0.6 is 0 Å². The number of nitrogens with zero attached hydrogens (tertiary/aromatic N) is 1. The number of rotatable bonds is 5. The molecule has 17 heavy (non-hydrogen) atoms. The second kappa shape index (κ2) is 5.78. The van der Waals surface area contributed by atoms with Gasteiger partial charge in [0.2, 0.25) is 11.7 Å². The summed E-state index contributed by atoms with van der Waals surface area (Å²) in [6.45, 7) is 0.0803. The molecule has 1 rings (SSSR count). The van der Waals surface area contributed by atoms with Crippen LogP contribution in [0.2, 0.25) is 0 Å². The van der Waals surface area contributed by atoms with Crippen molar-refractivity contribution in [2.45, 2.75) is 6.42 Å². The van der Waals surface area contributed by atoms with Crippen molar-refractivity contribution in [2.24, 2.45) is 0 Å². The number of nitrogens with one attached hydrogen (secondary N) is 1. The van der Waals surface area contributed by atoms with E-state index in [2.05, 4.69) is 5.32 Å². The molecule has 0 aliphatic heterocycles. The number of amides is 1. The summed E-state index contributed by atoms with van der Waals surface area (Å²) in [5.41, 5.74) is -0.608. The Bertz CT molecular complexity index is 436. The molecule has 1 amide bonds. The number of nitro benzene ring substituents is 1. The Morgan fingerprint density at radius 2 is 2.29 bits per heavy atom. The minimum absolute atomic E-state index is 0.0803. The van der Waals surface area contributed by atoms with Gasteiger partial charge in [-0.15, -0.1) is 0 Å². The van der Waals surface area contributed by atoms with Crippen LogP contribution in [0.25, 0.3) is 0 Å². The molecule has 0 spiro atoms. The first-order chi connectivity index (χ1) is 8.04. The Hall–Kier alpha value is -2.18. The van der Waals surface area contributed by atoms with Gasteiger partial charge in [-0.2, -0.15) is 4.39 Å². The number of hydrogen-bond acceptors (Lipinski definition) is 4. The third-order valence-electron chi connectivity index (χ3n) is 1.99. The van der Waals surface area contributed by atoms with Crippen molar-refractivity contribution in [3.63, 3.8) is 0 Å². The van der Waals surface area contributed by atoms with E-state index in [0.717, 1.165) is 12.1 Å². The lowest BCUT2D eigenvalue weighted by Gasteiger charge is -2.05. The average Bonchev–Trinajstić information content (AvgIpc) is 2.28. The van der Waals surface area contributed by atoms with E-state index in [1.54, 1.807) is 0 Å². The molecular weight excluding hydrogens is 231 g/mol. The van der Waals surface area contributed by atoms with Crippen molar-refractivity contribution in [1.82, 2.24) is 5.32 Å². The van der Waals surface area contributed by atoms with E-state index in [9.17, 15) is 19.3 Å². The summed E-state index contributed by atoms with van der Waals surface area (Å²) in [6.07, 6.45) is 0.134. The van der Waals surface area contributed by atoms with Crippen LogP contribution in [0.4, 0.5) is 10.1 Å². The lowest BCUT2D eigenvalue weighted by Crippen LogP contribution is -2.20. The Morgan fingerprint density at radius 3 is 2.82 bits per heavy atom. The van der Waals surface area contributed by atoms with Crippen molar-refractivity contribution in [3.8, 4) is 5.75 Å². The summed E-state index contributed by atoms with van der Waals surface area (Å²) in [4.78, 5) is 20.4. The van der Waals surface area contributed by atoms with E-state index in [0.29, 0.717) is 0 Å². The second-order valence-electron chi connectivity index (χ2n) is 3.14. The van der Waals surface area contributed by atoms with E-state index in [1.165, 1.54) is 13.1 Å². The van der Waals surface area contributed by atoms with E-state index < -0.39 is 16.4 Å². The maximum atomic E-state index is 13.2. The smallest absolute Gasteiger partial charge is 0.305 e. The molecule has 0 atom stereocenters. The largest absolute Gasteiger partial charge is 0.493 e. The molecule has 0 fully saturated rings. The van der Waals surface area contributed by atoms with Crippen molar-refractivity contribution in [2.75, 3.05) is 13.7 Å². The van der Waals surface area contributed by atoms with Gasteiger partial charge in [0.15, 0.2) is 0 Å². The van der Waals surface area contributed by atoms with Crippen LogP contribution in [0.3, 0.4) is 0 Å². The predicted molar refractivity (Wildman–Crippen MR) is 57.2 cm³/mol. The number of halogens is 1. The lowest BCUT2D eigenvalue weighted by molar-refractivity contribution is -0.387. The monoisotopic (exact) mass is 242 g/mol. The van der Waals surface area contributed by atoms with Gasteiger partial charge in [-0.05, 0) is 6.07 Å². The highest BCUT2D eigenvalue weighted by Gasteiger charge is 2.14. The van der Waals surface area contributed by atoms with Crippen molar-refractivity contribution >= 4 is 11.6 Å². The van der Waals surface area contributed by atoms with Crippen molar-refractivity contribution in [1.29, 1.82) is 0 Å². The predicted octanol–water partition coefficient (Wildman–Crippen LogP) is 1.25. The molecule has 7 heteroatoms. The van der Waals surface area contributed by atoms with Gasteiger partial charge in [-0.3, -0.25) is 14.9 Å². The molecular formula is C10H11FN2O4. The summed E-state index contributed by atoms with van der Waals surface area (Å²) in [7, 11) is 1.49. The van der Waals surface area contributed by atoms with Gasteiger partial charge in [0.25, 0.3) is 0 Å². The quantitative estimate of drug-likeness (QED) is 0.622. The molecule has 1 aromatic carbocycles. The van der Waals surface area contributed by atoms with Crippen LogP contribution in [-0.4, -0.2) is 24.5 Å². The van der Waals surface area contributed by atoms with Crippen LogP contribution < -0.4 is 10.1 Å². The fourth-order valence-corrected chi connectivity index (χ4v) is 1.11. The summed E-state index contributed by atoms with van der Waals surface area (Å²) in [5.74, 6) is -1.02. The molecule has 0 saturated carbocycles. The van der Waals surface area contributed by atoms with Crippen LogP contribution in [0, 0.1) is 15.9 Å². The molecule has 1 aromatic rings. The highest BCUT2D eigenvalue weighted by Crippen LogP contribution is 2.22. The normalized spacial score (nSPS) is 9.76. The number of nitro groups is 1. The first-order valence-corrected chi connectivity index (χ1v) is 4.82. The molecule has 0 aliphatic rings. The Morgan fingerprint density at radius 1 is 1.59 bits per heavy atom. The number of hydrogen-bond donors (Lipinski definition) is 1. The minimum Gasteiger partial charge on any atom is -0.493 e. The van der Waals surface area contributed by atoms with Crippen LogP contribution in [0.15, 0.2) is 18.2 Å². The number of ether oxygens (including phenoxy) is 1. The Labute approximate surface area is 96.5 Å². The van der Waals surface area contributed by atoms with E-state index in [4.69, 9.17) is 4.74 Å². The third-order valence-corrected chi connectivity index (χ3v) is 1.99. The van der Waals surface area contributed by atoms with E-state index in [1.807, 2.05) is 0 Å². The zero-order valence-corrected chi connectivity index (χ0v) is 9.10. The summed E-state index contributed by atoms with van der Waals surface area (Å²) in [5, 5.41) is 12.8. The fraction of sp³-hybridized carbons (Fsp3) is 0.300. The van der Waals surface area contributed by atoms with Crippen LogP contribution in [0.5, 0.6) is 5.75 Å². The van der Waals surface area contributed by atoms with Crippen LogP contribution in [0.1, 0.15) is 6.42 Å². The fourth-order valence-electron chi connectivity index (χ4n) is 1.11. The van der Waals surface area contributed by atoms with Gasteiger partial charge in [0.05, 0.1) is 18.0 Å². The number of carbonyl (C=O) groups excluding carboxylic acids is 1. The first kappa shape index (κ1) is 12.9. The van der Waals surface area contributed by atoms with Gasteiger partial charge in [-0.1, -0.05) is 0 Å². The summed E-state index contributed by atoms with van der Waals surface area (Å²) in [6, 6.07) is 3.22. The molecule has 6 nitrogen and oxygen atoms in total. The standard InChI is InChI=1S/C10H11FN2O4/c1-12-10(14)4-5-17-7-2-3-9(13(15)16)8(11)6-7/h2-3,6H,4-5H2,1H3,(H,12,14). The molecule has 1 N–H and O–H groups in total. The van der Waals surface area contributed by atoms with Crippen molar-refractivity contribution < 1.29 is 18.8 Å². The number of carbonyl (C=O) groups is 1. The molecule has 0 heterocycles. The van der Waals surface area contributed by atoms with Gasteiger partial charge in [0, 0.05) is 19.2 Å². The zero-order valence-electron chi connectivity index (χ0n) is 9.10. The van der Waals surface area contributed by atoms with Crippen LogP contribution in [-0.2, 0) is 4.79 Å². The Balaban J connectivity index is 2.59. The van der Waals surface area contributed by atoms with Crippen molar-refractivity contribution in [3.05, 3.63) is 34.1 Å². The summed E-state index contributed by atoms with van der Waals surface area (Å²) >= 11 is 0. The maximum absolute atomic E-state index is 13.2. The average molecular weight is 242 g/mol. The molecule has 0 aliphatic carbocycles. The molecule has 0 radical (unpaired) electrons. The first-order valence-electron chi connectivity index (χ1n) is 4.82. The lowest BCUT2D eigenvalue weighted by atomic mass is 10.3. The highest BCUT2D eigenvalue weighted by atomic mass is 19.1. The van der Waals surface area contributed by atoms with Gasteiger partial charge in [-0.25, -0.2) is 0 Å². The molecule has 0 saturated heterocycles. The molecule has 0 unspecified atom stereocenters. The number of benzene rings is 1. The van der Waals surface area contributed by atoms with E-state index >= 15 is 0 Å². The van der Waals surface area contributed by atoms with Gasteiger partial charge in [0.1, 0.15) is 5.75 Å². The highest BCUT2D eigenvalue weighted by molar-refractivity contribution is 5.75. The third kappa shape index (κ3) is 3.71. The SMILES string of the molecule is CNC(=O)CCOc1ccc([N+](=O)[O-])c(F)c1. The maximum Gasteiger partial charge on any atom is 0.305 e. The molecule has 92 valence electrons. The van der Waals surface area contributed by atoms with Gasteiger partial charge >= 0.3 is 5.69 Å². The Kier molecular flexibility index (Phi) is 4.38.